The minimum atomic E-state index is -0.414. The van der Waals surface area contributed by atoms with Crippen LogP contribution < -0.4 is 9.47 Å². The fourth-order valence-corrected chi connectivity index (χ4v) is 2.44. The summed E-state index contributed by atoms with van der Waals surface area (Å²) in [5, 5.41) is 10.8. The zero-order chi connectivity index (χ0) is 17.4. The SMILES string of the molecule is COc1ccc(CCN(C=O)C(C[N+](=O)[O-])C(C)C)cc1OC. The van der Waals surface area contributed by atoms with Crippen molar-refractivity contribution in [3.8, 4) is 11.5 Å². The molecule has 128 valence electrons. The van der Waals surface area contributed by atoms with Gasteiger partial charge in [0.1, 0.15) is 0 Å². The summed E-state index contributed by atoms with van der Waals surface area (Å²) in [5.74, 6) is 1.27. The second kappa shape index (κ2) is 8.97. The molecule has 0 aromatic heterocycles. The van der Waals surface area contributed by atoms with Gasteiger partial charge < -0.3 is 14.4 Å². The second-order valence-corrected chi connectivity index (χ2v) is 5.61. The third kappa shape index (κ3) is 5.43. The van der Waals surface area contributed by atoms with Gasteiger partial charge in [-0.2, -0.15) is 0 Å². The number of benzene rings is 1. The molecule has 1 amide bonds. The Morgan fingerprint density at radius 2 is 1.91 bits per heavy atom. The van der Waals surface area contributed by atoms with Gasteiger partial charge in [0.25, 0.3) is 0 Å². The molecule has 0 saturated heterocycles. The van der Waals surface area contributed by atoms with Gasteiger partial charge in [0.2, 0.25) is 13.0 Å². The highest BCUT2D eigenvalue weighted by molar-refractivity contribution is 5.48. The summed E-state index contributed by atoms with van der Waals surface area (Å²) in [4.78, 5) is 23.3. The molecule has 1 aromatic rings. The van der Waals surface area contributed by atoms with E-state index < -0.39 is 6.04 Å². The molecule has 0 heterocycles. The largest absolute Gasteiger partial charge is 0.493 e. The summed E-state index contributed by atoms with van der Waals surface area (Å²) in [6.45, 7) is 3.92. The maximum absolute atomic E-state index is 11.3. The molecule has 1 rings (SSSR count). The minimum Gasteiger partial charge on any atom is -0.493 e. The molecule has 0 aliphatic carbocycles. The summed E-state index contributed by atoms with van der Waals surface area (Å²) in [6, 6.07) is 5.13. The van der Waals surface area contributed by atoms with Crippen molar-refractivity contribution in [3.63, 3.8) is 0 Å². The maximum atomic E-state index is 11.3. The van der Waals surface area contributed by atoms with Crippen molar-refractivity contribution in [3.05, 3.63) is 33.9 Å². The fourth-order valence-electron chi connectivity index (χ4n) is 2.44. The Bertz CT molecular complexity index is 533. The summed E-state index contributed by atoms with van der Waals surface area (Å²) in [6.07, 6.45) is 1.27. The van der Waals surface area contributed by atoms with E-state index in [4.69, 9.17) is 9.47 Å². The predicted octanol–water partition coefficient (Wildman–Crippen LogP) is 2.01. The van der Waals surface area contributed by atoms with E-state index in [9.17, 15) is 14.9 Å². The highest BCUT2D eigenvalue weighted by Crippen LogP contribution is 2.27. The molecule has 0 radical (unpaired) electrons. The van der Waals surface area contributed by atoms with Crippen LogP contribution in [0.4, 0.5) is 0 Å². The second-order valence-electron chi connectivity index (χ2n) is 5.61. The number of nitro groups is 1. The van der Waals surface area contributed by atoms with Crippen LogP contribution in [0.5, 0.6) is 11.5 Å². The average Bonchev–Trinajstić information content (AvgIpc) is 2.53. The van der Waals surface area contributed by atoms with Crippen LogP contribution in [0.2, 0.25) is 0 Å². The molecule has 0 N–H and O–H groups in total. The van der Waals surface area contributed by atoms with Crippen molar-refractivity contribution in [1.29, 1.82) is 0 Å². The number of ether oxygens (including phenoxy) is 2. The van der Waals surface area contributed by atoms with Crippen molar-refractivity contribution in [2.24, 2.45) is 5.92 Å². The molecular weight excluding hydrogens is 300 g/mol. The third-order valence-electron chi connectivity index (χ3n) is 3.77. The standard InChI is InChI=1S/C16H24N2O5/c1-12(2)14(10-18(20)21)17(11-19)8-7-13-5-6-15(22-3)16(9-13)23-4/h5-6,9,11-12,14H,7-8,10H2,1-4H3. The van der Waals surface area contributed by atoms with Gasteiger partial charge >= 0.3 is 0 Å². The normalized spacial score (nSPS) is 11.9. The maximum Gasteiger partial charge on any atom is 0.224 e. The molecule has 23 heavy (non-hydrogen) atoms. The Kier molecular flexibility index (Phi) is 7.31. The van der Waals surface area contributed by atoms with E-state index in [0.29, 0.717) is 30.9 Å². The van der Waals surface area contributed by atoms with E-state index in [1.807, 2.05) is 26.0 Å². The lowest BCUT2D eigenvalue weighted by molar-refractivity contribution is -0.487. The Morgan fingerprint density at radius 3 is 2.39 bits per heavy atom. The molecule has 0 spiro atoms. The van der Waals surface area contributed by atoms with Gasteiger partial charge in [-0.25, -0.2) is 0 Å². The Balaban J connectivity index is 2.80. The van der Waals surface area contributed by atoms with Crippen molar-refractivity contribution < 1.29 is 19.2 Å². The molecule has 1 aromatic carbocycles. The number of carbonyl (C=O) groups is 1. The van der Waals surface area contributed by atoms with Crippen molar-refractivity contribution in [2.75, 3.05) is 27.3 Å². The Hall–Kier alpha value is -2.31. The number of amides is 1. The topological polar surface area (TPSA) is 81.9 Å². The van der Waals surface area contributed by atoms with Crippen LogP contribution in [-0.2, 0) is 11.2 Å². The van der Waals surface area contributed by atoms with Crippen molar-refractivity contribution in [1.82, 2.24) is 4.90 Å². The average molecular weight is 324 g/mol. The first-order valence-corrected chi connectivity index (χ1v) is 7.46. The molecule has 0 saturated carbocycles. The van der Waals surface area contributed by atoms with E-state index in [-0.39, 0.29) is 17.4 Å². The number of hydrogen-bond acceptors (Lipinski definition) is 5. The van der Waals surface area contributed by atoms with Crippen LogP contribution in [0, 0.1) is 16.0 Å². The highest BCUT2D eigenvalue weighted by atomic mass is 16.6. The number of nitrogens with zero attached hydrogens (tertiary/aromatic N) is 2. The van der Waals surface area contributed by atoms with Crippen molar-refractivity contribution >= 4 is 6.41 Å². The molecule has 0 aliphatic rings. The van der Waals surface area contributed by atoms with E-state index in [0.717, 1.165) is 5.56 Å². The van der Waals surface area contributed by atoms with Crippen molar-refractivity contribution in [2.45, 2.75) is 26.3 Å². The monoisotopic (exact) mass is 324 g/mol. The smallest absolute Gasteiger partial charge is 0.224 e. The van der Waals surface area contributed by atoms with Crippen LogP contribution in [0.25, 0.3) is 0 Å². The van der Waals surface area contributed by atoms with Crippen LogP contribution >= 0.6 is 0 Å². The van der Waals surface area contributed by atoms with Crippen LogP contribution in [0.1, 0.15) is 19.4 Å². The molecule has 7 nitrogen and oxygen atoms in total. The lowest BCUT2D eigenvalue weighted by Gasteiger charge is -2.28. The number of hydrogen-bond donors (Lipinski definition) is 0. The number of carbonyl (C=O) groups excluding carboxylic acids is 1. The van der Waals surface area contributed by atoms with Gasteiger partial charge in [-0.15, -0.1) is 0 Å². The van der Waals surface area contributed by atoms with E-state index >= 15 is 0 Å². The molecule has 0 bridgehead atoms. The number of methoxy groups -OCH3 is 2. The molecule has 1 unspecified atom stereocenters. The lowest BCUT2D eigenvalue weighted by atomic mass is 10.0. The Labute approximate surface area is 136 Å². The molecule has 0 aliphatic heterocycles. The molecule has 1 atom stereocenters. The van der Waals surface area contributed by atoms with Crippen LogP contribution in [-0.4, -0.2) is 49.6 Å². The van der Waals surface area contributed by atoms with E-state index in [1.54, 1.807) is 20.3 Å². The first-order chi connectivity index (χ1) is 10.9. The van der Waals surface area contributed by atoms with Crippen LogP contribution in [0.3, 0.4) is 0 Å². The van der Waals surface area contributed by atoms with Gasteiger partial charge in [0.15, 0.2) is 11.5 Å². The third-order valence-corrected chi connectivity index (χ3v) is 3.77. The van der Waals surface area contributed by atoms with Crippen LogP contribution in [0.15, 0.2) is 18.2 Å². The fraction of sp³-hybridized carbons (Fsp3) is 0.562. The number of rotatable bonds is 10. The first kappa shape index (κ1) is 18.7. The predicted molar refractivity (Wildman–Crippen MR) is 86.5 cm³/mol. The first-order valence-electron chi connectivity index (χ1n) is 7.46. The summed E-state index contributed by atoms with van der Waals surface area (Å²) < 4.78 is 10.4. The minimum absolute atomic E-state index is 0.0102. The molecular formula is C16H24N2O5. The molecule has 0 fully saturated rings. The Morgan fingerprint density at radius 1 is 1.26 bits per heavy atom. The quantitative estimate of drug-likeness (QED) is 0.373. The van der Waals surface area contributed by atoms with Gasteiger partial charge in [0.05, 0.1) is 20.3 Å². The van der Waals surface area contributed by atoms with E-state index in [2.05, 4.69) is 0 Å². The van der Waals surface area contributed by atoms with Gasteiger partial charge in [-0.05, 0) is 30.0 Å². The lowest BCUT2D eigenvalue weighted by Crippen LogP contribution is -2.43. The summed E-state index contributed by atoms with van der Waals surface area (Å²) >= 11 is 0. The summed E-state index contributed by atoms with van der Waals surface area (Å²) in [7, 11) is 3.13. The zero-order valence-electron chi connectivity index (χ0n) is 14.0. The highest BCUT2D eigenvalue weighted by Gasteiger charge is 2.25. The summed E-state index contributed by atoms with van der Waals surface area (Å²) in [5.41, 5.74) is 0.970. The molecule has 7 heteroatoms. The van der Waals surface area contributed by atoms with Gasteiger partial charge in [0, 0.05) is 11.5 Å². The van der Waals surface area contributed by atoms with E-state index in [1.165, 1.54) is 4.90 Å². The zero-order valence-corrected chi connectivity index (χ0v) is 14.0. The van der Waals surface area contributed by atoms with Gasteiger partial charge in [-0.1, -0.05) is 19.9 Å². The van der Waals surface area contributed by atoms with Gasteiger partial charge in [-0.3, -0.25) is 14.9 Å².